The normalized spacial score (nSPS) is 31.9. The van der Waals surface area contributed by atoms with Gasteiger partial charge in [-0.05, 0) is 70.2 Å². The number of likely N-dealkylation sites (tertiary alicyclic amines) is 1. The minimum Gasteiger partial charge on any atom is -0.465 e. The van der Waals surface area contributed by atoms with Gasteiger partial charge in [-0.3, -0.25) is 14.4 Å². The first-order valence-corrected chi connectivity index (χ1v) is 15.2. The highest BCUT2D eigenvalue weighted by molar-refractivity contribution is 6.05. The zero-order valence-corrected chi connectivity index (χ0v) is 24.5. The molecule has 41 heavy (non-hydrogen) atoms. The van der Waals surface area contributed by atoms with Crippen molar-refractivity contribution in [2.45, 2.75) is 70.1 Å². The maximum atomic E-state index is 14.6. The standard InChI is InChI=1S/C32H43N3O6/c1-4-31-17-8-7-11-22-40-30(39)26(31)25-28(37)35(19-9-10-21-36)27-29(38)34(20-12-18-32(25,27)41-31)24-15-13-23(14-16-24)33(5-2)6-3/h8,12-18,25-27,36H,4-7,9-11,19-22H2,1-3H3/b17-8-/t25-,26+,27?,31-,32-/m0/s1. The van der Waals surface area contributed by atoms with Gasteiger partial charge in [-0.15, -0.1) is 0 Å². The number of anilines is 2. The molecule has 4 aliphatic rings. The topological polar surface area (TPSA) is 99.6 Å². The van der Waals surface area contributed by atoms with Crippen LogP contribution in [-0.2, 0) is 23.9 Å². The predicted octanol–water partition coefficient (Wildman–Crippen LogP) is 3.46. The molecule has 4 heterocycles. The van der Waals surface area contributed by atoms with Gasteiger partial charge in [0, 0.05) is 44.2 Å². The number of amides is 2. The first-order chi connectivity index (χ1) is 19.9. The first-order valence-electron chi connectivity index (χ1n) is 15.2. The Balaban J connectivity index is 1.58. The molecular weight excluding hydrogens is 522 g/mol. The third kappa shape index (κ3) is 4.87. The van der Waals surface area contributed by atoms with Gasteiger partial charge in [-0.2, -0.15) is 0 Å². The average molecular weight is 566 g/mol. The number of aliphatic hydroxyl groups is 1. The van der Waals surface area contributed by atoms with E-state index in [0.29, 0.717) is 32.2 Å². The number of fused-ring (bicyclic) bond motifs is 2. The number of carbonyl (C=O) groups is 3. The van der Waals surface area contributed by atoms with E-state index in [1.54, 1.807) is 9.80 Å². The molecule has 0 aliphatic carbocycles. The molecule has 1 aromatic rings. The number of rotatable bonds is 9. The van der Waals surface area contributed by atoms with Crippen LogP contribution in [0, 0.1) is 11.8 Å². The van der Waals surface area contributed by atoms with Crippen LogP contribution in [0.2, 0.25) is 0 Å². The first kappa shape index (κ1) is 29.3. The molecule has 5 atom stereocenters. The summed E-state index contributed by atoms with van der Waals surface area (Å²) in [6.07, 6.45) is 10.7. The second kappa shape index (κ2) is 12.0. The van der Waals surface area contributed by atoms with E-state index in [-0.39, 0.29) is 31.6 Å². The molecule has 0 saturated carbocycles. The van der Waals surface area contributed by atoms with Crippen LogP contribution in [0.1, 0.15) is 52.9 Å². The Labute approximate surface area is 242 Å². The van der Waals surface area contributed by atoms with Crippen molar-refractivity contribution in [1.82, 2.24) is 4.90 Å². The quantitative estimate of drug-likeness (QED) is 0.278. The summed E-state index contributed by atoms with van der Waals surface area (Å²) in [5, 5.41) is 9.44. The lowest BCUT2D eigenvalue weighted by Crippen LogP contribution is -2.56. The van der Waals surface area contributed by atoms with Crippen molar-refractivity contribution in [3.63, 3.8) is 0 Å². The van der Waals surface area contributed by atoms with Crippen LogP contribution in [0.15, 0.2) is 48.6 Å². The molecule has 1 aromatic carbocycles. The monoisotopic (exact) mass is 565 g/mol. The van der Waals surface area contributed by atoms with E-state index >= 15 is 0 Å². The second-order valence-corrected chi connectivity index (χ2v) is 11.3. The van der Waals surface area contributed by atoms with Gasteiger partial charge in [0.15, 0.2) is 0 Å². The van der Waals surface area contributed by atoms with Crippen molar-refractivity contribution in [1.29, 1.82) is 0 Å². The molecule has 2 fully saturated rings. The van der Waals surface area contributed by atoms with Gasteiger partial charge >= 0.3 is 5.97 Å². The zero-order valence-electron chi connectivity index (χ0n) is 24.5. The van der Waals surface area contributed by atoms with Crippen LogP contribution >= 0.6 is 0 Å². The summed E-state index contributed by atoms with van der Waals surface area (Å²) in [6.45, 7) is 8.81. The molecule has 1 unspecified atom stereocenters. The number of hydrogen-bond acceptors (Lipinski definition) is 7. The van der Waals surface area contributed by atoms with Crippen molar-refractivity contribution >= 4 is 29.2 Å². The largest absolute Gasteiger partial charge is 0.465 e. The fraction of sp³-hybridized carbons (Fsp3) is 0.594. The van der Waals surface area contributed by atoms with E-state index < -0.39 is 35.0 Å². The number of esters is 1. The number of benzene rings is 1. The van der Waals surface area contributed by atoms with Gasteiger partial charge in [0.2, 0.25) is 5.91 Å². The van der Waals surface area contributed by atoms with E-state index in [2.05, 4.69) is 18.7 Å². The Morgan fingerprint density at radius 2 is 1.73 bits per heavy atom. The van der Waals surface area contributed by atoms with Crippen molar-refractivity contribution in [3.05, 3.63) is 48.6 Å². The Hall–Kier alpha value is -3.17. The van der Waals surface area contributed by atoms with Gasteiger partial charge in [0.1, 0.15) is 23.2 Å². The highest BCUT2D eigenvalue weighted by Gasteiger charge is 2.75. The molecule has 1 N–H and O–H groups in total. The van der Waals surface area contributed by atoms with Crippen molar-refractivity contribution in [2.24, 2.45) is 11.8 Å². The van der Waals surface area contributed by atoms with Crippen LogP contribution in [-0.4, -0.2) is 84.4 Å². The SMILES string of the molecule is CCN(CC)c1ccc(N2CC=C[C@]34O[C@@]5(CC)/C=C\CCCOC(=O)[C@H]5[C@H]3C(=O)N(CCCCO)C4C2=O)cc1. The van der Waals surface area contributed by atoms with Crippen molar-refractivity contribution in [3.8, 4) is 0 Å². The maximum Gasteiger partial charge on any atom is 0.313 e. The minimum atomic E-state index is -1.31. The van der Waals surface area contributed by atoms with Gasteiger partial charge in [0.05, 0.1) is 12.5 Å². The average Bonchev–Trinajstić information content (AvgIpc) is 3.35. The summed E-state index contributed by atoms with van der Waals surface area (Å²) in [6, 6.07) is 6.99. The highest BCUT2D eigenvalue weighted by atomic mass is 16.6. The van der Waals surface area contributed by atoms with Gasteiger partial charge in [-0.25, -0.2) is 0 Å². The van der Waals surface area contributed by atoms with E-state index in [9.17, 15) is 19.5 Å². The van der Waals surface area contributed by atoms with Crippen LogP contribution in [0.4, 0.5) is 11.4 Å². The predicted molar refractivity (Wildman–Crippen MR) is 156 cm³/mol. The molecule has 2 saturated heterocycles. The number of nitrogens with zero attached hydrogens (tertiary/aromatic N) is 3. The number of ether oxygens (including phenoxy) is 2. The van der Waals surface area contributed by atoms with Crippen molar-refractivity contribution < 1.29 is 29.0 Å². The Bertz CT molecular complexity index is 1190. The lowest BCUT2D eigenvalue weighted by molar-refractivity contribution is -0.159. The van der Waals surface area contributed by atoms with Gasteiger partial charge in [-0.1, -0.05) is 31.2 Å². The molecule has 222 valence electrons. The third-order valence-electron chi connectivity index (χ3n) is 9.23. The molecule has 0 radical (unpaired) electrons. The number of carbonyl (C=O) groups excluding carboxylic acids is 3. The van der Waals surface area contributed by atoms with E-state index in [4.69, 9.17) is 9.47 Å². The Kier molecular flexibility index (Phi) is 8.57. The Morgan fingerprint density at radius 3 is 2.41 bits per heavy atom. The number of unbranched alkanes of at least 4 members (excludes halogenated alkanes) is 1. The maximum absolute atomic E-state index is 14.6. The number of hydrogen-bond donors (Lipinski definition) is 1. The van der Waals surface area contributed by atoms with Gasteiger partial charge in [0.25, 0.3) is 5.91 Å². The molecule has 9 nitrogen and oxygen atoms in total. The molecule has 1 spiro atoms. The molecule has 2 amide bonds. The fourth-order valence-electron chi connectivity index (χ4n) is 7.17. The molecule has 4 aliphatic heterocycles. The molecule has 0 aromatic heterocycles. The summed E-state index contributed by atoms with van der Waals surface area (Å²) < 4.78 is 12.6. The Morgan fingerprint density at radius 1 is 0.976 bits per heavy atom. The van der Waals surface area contributed by atoms with Crippen LogP contribution in [0.5, 0.6) is 0 Å². The van der Waals surface area contributed by atoms with Crippen molar-refractivity contribution in [2.75, 3.05) is 49.2 Å². The minimum absolute atomic E-state index is 0.00464. The van der Waals surface area contributed by atoms with E-state index in [1.165, 1.54) is 0 Å². The summed E-state index contributed by atoms with van der Waals surface area (Å²) in [7, 11) is 0. The number of allylic oxidation sites excluding steroid dienone is 1. The molecule has 5 rings (SSSR count). The fourth-order valence-corrected chi connectivity index (χ4v) is 7.17. The van der Waals surface area contributed by atoms with Gasteiger partial charge < -0.3 is 29.3 Å². The summed E-state index contributed by atoms with van der Waals surface area (Å²) in [5.41, 5.74) is -0.547. The molecule has 9 heteroatoms. The summed E-state index contributed by atoms with van der Waals surface area (Å²) >= 11 is 0. The third-order valence-corrected chi connectivity index (χ3v) is 9.23. The zero-order chi connectivity index (χ0) is 29.2. The second-order valence-electron chi connectivity index (χ2n) is 11.3. The van der Waals surface area contributed by atoms with E-state index in [0.717, 1.165) is 30.9 Å². The highest BCUT2D eigenvalue weighted by Crippen LogP contribution is 2.58. The van der Waals surface area contributed by atoms with Crippen LogP contribution < -0.4 is 9.80 Å². The van der Waals surface area contributed by atoms with Crippen LogP contribution in [0.25, 0.3) is 0 Å². The molecular formula is C32H43N3O6. The number of aliphatic hydroxyl groups excluding tert-OH is 1. The lowest BCUT2D eigenvalue weighted by Gasteiger charge is -2.38. The summed E-state index contributed by atoms with van der Waals surface area (Å²) in [4.78, 5) is 48.0. The van der Waals surface area contributed by atoms with Crippen LogP contribution in [0.3, 0.4) is 0 Å². The lowest BCUT2D eigenvalue weighted by atomic mass is 9.73. The van der Waals surface area contributed by atoms with E-state index in [1.807, 2.05) is 55.5 Å². The molecule has 0 bridgehead atoms. The smallest absolute Gasteiger partial charge is 0.313 e. The number of cyclic esters (lactones) is 1. The summed E-state index contributed by atoms with van der Waals surface area (Å²) in [5.74, 6) is -2.70.